The van der Waals surface area contributed by atoms with Crippen LogP contribution >= 0.6 is 0 Å². The van der Waals surface area contributed by atoms with Gasteiger partial charge in [-0.25, -0.2) is 0 Å². The Morgan fingerprint density at radius 1 is 1.20 bits per heavy atom. The van der Waals surface area contributed by atoms with Gasteiger partial charge in [-0.05, 0) is 31.0 Å². The molecule has 20 heavy (non-hydrogen) atoms. The summed E-state index contributed by atoms with van der Waals surface area (Å²) in [5.74, 6) is 0.500. The molecule has 1 aromatic rings. The predicted octanol–water partition coefficient (Wildman–Crippen LogP) is 4.04. The second-order valence-electron chi connectivity index (χ2n) is 6.36. The van der Waals surface area contributed by atoms with Crippen molar-refractivity contribution in [3.63, 3.8) is 0 Å². The van der Waals surface area contributed by atoms with Crippen LogP contribution in [-0.2, 0) is 4.74 Å². The minimum atomic E-state index is 0.0838. The van der Waals surface area contributed by atoms with Gasteiger partial charge in [0.2, 0.25) is 0 Å². The molecule has 108 valence electrons. The first-order valence-corrected chi connectivity index (χ1v) is 7.78. The lowest BCUT2D eigenvalue weighted by atomic mass is 9.71. The van der Waals surface area contributed by atoms with Crippen LogP contribution in [0.25, 0.3) is 6.08 Å². The van der Waals surface area contributed by atoms with Crippen molar-refractivity contribution in [2.45, 2.75) is 43.6 Å². The minimum absolute atomic E-state index is 0.0838. The molecule has 1 saturated heterocycles. The number of rotatable bonds is 2. The first-order chi connectivity index (χ1) is 9.73. The van der Waals surface area contributed by atoms with Crippen molar-refractivity contribution < 1.29 is 4.74 Å². The van der Waals surface area contributed by atoms with E-state index in [0.717, 1.165) is 13.3 Å². The fraction of sp³-hybridized carbons (Fsp3) is 0.556. The maximum Gasteiger partial charge on any atom is 0.0995 e. The second kappa shape index (κ2) is 5.71. The highest BCUT2D eigenvalue weighted by Gasteiger charge is 2.44. The van der Waals surface area contributed by atoms with Crippen molar-refractivity contribution in [1.29, 1.82) is 0 Å². The summed E-state index contributed by atoms with van der Waals surface area (Å²) in [5.41, 5.74) is 2.70. The van der Waals surface area contributed by atoms with E-state index < -0.39 is 0 Å². The van der Waals surface area contributed by atoms with Crippen LogP contribution in [0.1, 0.15) is 49.1 Å². The molecule has 1 atom stereocenters. The molecule has 0 aromatic heterocycles. The van der Waals surface area contributed by atoms with Crippen molar-refractivity contribution >= 4 is 6.08 Å². The molecule has 1 saturated carbocycles. The summed E-state index contributed by atoms with van der Waals surface area (Å²) >= 11 is 0. The highest BCUT2D eigenvalue weighted by atomic mass is 16.5. The second-order valence-corrected chi connectivity index (χ2v) is 6.36. The van der Waals surface area contributed by atoms with Crippen molar-refractivity contribution in [3.05, 3.63) is 42.0 Å². The normalized spacial score (nSPS) is 26.6. The van der Waals surface area contributed by atoms with Gasteiger partial charge in [-0.15, -0.1) is 0 Å². The van der Waals surface area contributed by atoms with E-state index >= 15 is 0 Å². The summed E-state index contributed by atoms with van der Waals surface area (Å²) in [4.78, 5) is 2.30. The number of nitrogens with zero attached hydrogens (tertiary/aromatic N) is 1. The van der Waals surface area contributed by atoms with Gasteiger partial charge in [-0.1, -0.05) is 56.2 Å². The van der Waals surface area contributed by atoms with Gasteiger partial charge < -0.3 is 4.74 Å². The van der Waals surface area contributed by atoms with Crippen molar-refractivity contribution in [2.24, 2.45) is 0 Å². The minimum Gasteiger partial charge on any atom is -0.359 e. The van der Waals surface area contributed by atoms with Gasteiger partial charge in [0, 0.05) is 12.5 Å². The van der Waals surface area contributed by atoms with Gasteiger partial charge in [0.05, 0.1) is 12.3 Å². The summed E-state index contributed by atoms with van der Waals surface area (Å²) in [6, 6.07) is 8.88. The van der Waals surface area contributed by atoms with Crippen molar-refractivity contribution in [2.75, 3.05) is 20.3 Å². The Kier molecular flexibility index (Phi) is 3.95. The van der Waals surface area contributed by atoms with Crippen LogP contribution < -0.4 is 0 Å². The smallest absolute Gasteiger partial charge is 0.0995 e. The van der Waals surface area contributed by atoms with E-state index in [9.17, 15) is 0 Å². The molecule has 0 radical (unpaired) electrons. The molecule has 2 heteroatoms. The van der Waals surface area contributed by atoms with Crippen LogP contribution in [0.2, 0.25) is 0 Å². The van der Waals surface area contributed by atoms with Crippen LogP contribution in [0, 0.1) is 0 Å². The molecule has 1 aliphatic heterocycles. The van der Waals surface area contributed by atoms with E-state index in [4.69, 9.17) is 4.74 Å². The number of benzene rings is 1. The van der Waals surface area contributed by atoms with E-state index in [1.165, 1.54) is 43.2 Å². The summed E-state index contributed by atoms with van der Waals surface area (Å²) in [5, 5.41) is 0. The van der Waals surface area contributed by atoms with Gasteiger partial charge >= 0.3 is 0 Å². The lowest BCUT2D eigenvalue weighted by molar-refractivity contribution is -0.161. The molecule has 0 bridgehead atoms. The standard InChI is InChI=1S/C18H25NO/c1-3-15-7-9-16(10-8-15)17-13-19(2)14-20-18(17)11-5-4-6-12-18/h3,7-10,17H,1,4-6,11-14H2,2H3. The Hall–Kier alpha value is -1.12. The zero-order chi connectivity index (χ0) is 14.0. The Morgan fingerprint density at radius 2 is 1.90 bits per heavy atom. The molecule has 2 nitrogen and oxygen atoms in total. The Bertz CT molecular complexity index is 459. The maximum absolute atomic E-state index is 6.35. The van der Waals surface area contributed by atoms with E-state index in [0.29, 0.717) is 5.92 Å². The number of hydrogen-bond acceptors (Lipinski definition) is 2. The van der Waals surface area contributed by atoms with Crippen LogP contribution in [0.15, 0.2) is 30.8 Å². The Balaban J connectivity index is 1.90. The van der Waals surface area contributed by atoms with Gasteiger partial charge in [0.15, 0.2) is 0 Å². The highest BCUT2D eigenvalue weighted by Crippen LogP contribution is 2.45. The highest BCUT2D eigenvalue weighted by molar-refractivity contribution is 5.47. The third kappa shape index (κ3) is 2.55. The van der Waals surface area contributed by atoms with E-state index in [2.05, 4.69) is 42.8 Å². The van der Waals surface area contributed by atoms with E-state index in [1.807, 2.05) is 6.08 Å². The third-order valence-corrected chi connectivity index (χ3v) is 4.98. The first-order valence-electron chi connectivity index (χ1n) is 7.78. The quantitative estimate of drug-likeness (QED) is 0.805. The number of hydrogen-bond donors (Lipinski definition) is 0. The van der Waals surface area contributed by atoms with Crippen molar-refractivity contribution in [1.82, 2.24) is 4.90 Å². The molecule has 1 unspecified atom stereocenters. The SMILES string of the molecule is C=Cc1ccc(C2CN(C)COC23CCCCC3)cc1. The van der Waals surface area contributed by atoms with Gasteiger partial charge in [0.25, 0.3) is 0 Å². The van der Waals surface area contributed by atoms with Crippen LogP contribution in [0.5, 0.6) is 0 Å². The Morgan fingerprint density at radius 3 is 2.55 bits per heavy atom. The Labute approximate surface area is 122 Å². The zero-order valence-electron chi connectivity index (χ0n) is 12.5. The summed E-state index contributed by atoms with van der Waals surface area (Å²) < 4.78 is 6.35. The molecule has 1 aromatic carbocycles. The average molecular weight is 271 g/mol. The largest absolute Gasteiger partial charge is 0.359 e. The van der Waals surface area contributed by atoms with Crippen LogP contribution in [0.4, 0.5) is 0 Å². The van der Waals surface area contributed by atoms with Crippen LogP contribution in [-0.4, -0.2) is 30.8 Å². The van der Waals surface area contributed by atoms with Gasteiger partial charge in [-0.3, -0.25) is 4.90 Å². The van der Waals surface area contributed by atoms with E-state index in [-0.39, 0.29) is 5.60 Å². The molecule has 2 fully saturated rings. The van der Waals surface area contributed by atoms with E-state index in [1.54, 1.807) is 0 Å². The lowest BCUT2D eigenvalue weighted by Crippen LogP contribution is -2.52. The van der Waals surface area contributed by atoms with Gasteiger partial charge in [0.1, 0.15) is 0 Å². The number of ether oxygens (including phenoxy) is 1. The molecule has 1 spiro atoms. The topological polar surface area (TPSA) is 12.5 Å². The zero-order valence-corrected chi connectivity index (χ0v) is 12.5. The predicted molar refractivity (Wildman–Crippen MR) is 83.7 cm³/mol. The maximum atomic E-state index is 6.35. The summed E-state index contributed by atoms with van der Waals surface area (Å²) in [6.45, 7) is 5.72. The molecule has 1 heterocycles. The average Bonchev–Trinajstić information content (AvgIpc) is 2.51. The van der Waals surface area contributed by atoms with Crippen LogP contribution in [0.3, 0.4) is 0 Å². The number of likely N-dealkylation sites (N-methyl/N-ethyl adjacent to an activating group) is 1. The lowest BCUT2D eigenvalue weighted by Gasteiger charge is -2.49. The molecule has 0 N–H and O–H groups in total. The molecule has 1 aliphatic carbocycles. The third-order valence-electron chi connectivity index (χ3n) is 4.98. The molecular formula is C18H25NO. The fourth-order valence-electron chi connectivity index (χ4n) is 3.79. The summed E-state index contributed by atoms with van der Waals surface area (Å²) in [6.07, 6.45) is 8.33. The molecular weight excluding hydrogens is 246 g/mol. The fourth-order valence-corrected chi connectivity index (χ4v) is 3.79. The first kappa shape index (κ1) is 13.8. The molecule has 0 amide bonds. The molecule has 2 aliphatic rings. The van der Waals surface area contributed by atoms with Gasteiger partial charge in [-0.2, -0.15) is 0 Å². The monoisotopic (exact) mass is 271 g/mol. The summed E-state index contributed by atoms with van der Waals surface area (Å²) in [7, 11) is 2.15. The molecule has 3 rings (SSSR count). The van der Waals surface area contributed by atoms with Crippen molar-refractivity contribution in [3.8, 4) is 0 Å².